The Bertz CT molecular complexity index is 511. The summed E-state index contributed by atoms with van der Waals surface area (Å²) < 4.78 is 43.3. The first-order chi connectivity index (χ1) is 8.48. The molecule has 1 aromatic rings. The highest BCUT2D eigenvalue weighted by Crippen LogP contribution is 2.37. The van der Waals surface area contributed by atoms with Crippen molar-refractivity contribution in [2.45, 2.75) is 6.18 Å². The maximum Gasteiger partial charge on any atom is 0.419 e. The van der Waals surface area contributed by atoms with Crippen molar-refractivity contribution in [2.75, 3.05) is 0 Å². The Morgan fingerprint density at radius 3 is 2.39 bits per heavy atom. The SMILES string of the molecule is FC(F)(F)c1ccccc1OC1=CNNC=C1Cl. The van der Waals surface area contributed by atoms with E-state index in [4.69, 9.17) is 16.3 Å². The van der Waals surface area contributed by atoms with Crippen LogP contribution in [0.1, 0.15) is 5.56 Å². The number of nitrogens with one attached hydrogen (secondary N) is 2. The molecule has 1 aliphatic rings. The lowest BCUT2D eigenvalue weighted by molar-refractivity contribution is -0.138. The van der Waals surface area contributed by atoms with Gasteiger partial charge in [0, 0.05) is 6.20 Å². The molecule has 0 atom stereocenters. The van der Waals surface area contributed by atoms with E-state index in [1.54, 1.807) is 0 Å². The van der Waals surface area contributed by atoms with Crippen molar-refractivity contribution in [1.82, 2.24) is 10.9 Å². The van der Waals surface area contributed by atoms with Crippen molar-refractivity contribution in [3.05, 3.63) is 53.0 Å². The third-order valence-corrected chi connectivity index (χ3v) is 2.43. The van der Waals surface area contributed by atoms with Gasteiger partial charge in [-0.25, -0.2) is 0 Å². The minimum absolute atomic E-state index is 0.104. The molecular weight excluding hydrogens is 269 g/mol. The largest absolute Gasteiger partial charge is 0.454 e. The van der Waals surface area contributed by atoms with Crippen molar-refractivity contribution in [2.24, 2.45) is 0 Å². The number of hydrogen-bond donors (Lipinski definition) is 2. The number of allylic oxidation sites excluding steroid dienone is 1. The van der Waals surface area contributed by atoms with Gasteiger partial charge in [0.1, 0.15) is 10.8 Å². The Kier molecular flexibility index (Phi) is 3.38. The second kappa shape index (κ2) is 4.81. The zero-order valence-corrected chi connectivity index (χ0v) is 9.64. The van der Waals surface area contributed by atoms with E-state index in [-0.39, 0.29) is 16.5 Å². The third kappa shape index (κ3) is 2.70. The summed E-state index contributed by atoms with van der Waals surface area (Å²) in [6, 6.07) is 4.93. The molecule has 2 N–H and O–H groups in total. The van der Waals surface area contributed by atoms with Gasteiger partial charge in [-0.2, -0.15) is 13.2 Å². The van der Waals surface area contributed by atoms with Crippen molar-refractivity contribution >= 4 is 11.6 Å². The van der Waals surface area contributed by atoms with Gasteiger partial charge in [0.25, 0.3) is 0 Å². The molecule has 7 heteroatoms. The van der Waals surface area contributed by atoms with Crippen molar-refractivity contribution in [1.29, 1.82) is 0 Å². The summed E-state index contributed by atoms with van der Waals surface area (Å²) in [4.78, 5) is 0. The first-order valence-corrected chi connectivity index (χ1v) is 5.27. The van der Waals surface area contributed by atoms with Crippen LogP contribution in [0.3, 0.4) is 0 Å². The number of hydrogen-bond acceptors (Lipinski definition) is 3. The maximum atomic E-state index is 12.7. The van der Waals surface area contributed by atoms with Gasteiger partial charge in [0.05, 0.1) is 11.8 Å². The zero-order valence-electron chi connectivity index (χ0n) is 8.88. The quantitative estimate of drug-likeness (QED) is 0.871. The summed E-state index contributed by atoms with van der Waals surface area (Å²) in [5, 5.41) is 0.172. The molecule has 3 nitrogen and oxygen atoms in total. The lowest BCUT2D eigenvalue weighted by Gasteiger charge is -2.17. The molecule has 0 bridgehead atoms. The van der Waals surface area contributed by atoms with Gasteiger partial charge >= 0.3 is 6.18 Å². The van der Waals surface area contributed by atoms with Crippen LogP contribution >= 0.6 is 11.6 Å². The first-order valence-electron chi connectivity index (χ1n) is 4.90. The van der Waals surface area contributed by atoms with Crippen molar-refractivity contribution in [3.8, 4) is 5.75 Å². The molecule has 2 rings (SSSR count). The predicted octanol–water partition coefficient (Wildman–Crippen LogP) is 3.11. The zero-order chi connectivity index (χ0) is 13.2. The summed E-state index contributed by atoms with van der Waals surface area (Å²) in [5.41, 5.74) is 4.28. The summed E-state index contributed by atoms with van der Waals surface area (Å²) in [7, 11) is 0. The van der Waals surface area contributed by atoms with E-state index in [0.29, 0.717) is 0 Å². The van der Waals surface area contributed by atoms with Crippen LogP contribution in [-0.2, 0) is 6.18 Å². The molecule has 0 amide bonds. The maximum absolute atomic E-state index is 12.7. The average Bonchev–Trinajstić information content (AvgIpc) is 2.31. The molecule has 0 radical (unpaired) electrons. The Morgan fingerprint density at radius 1 is 1.06 bits per heavy atom. The fraction of sp³-hybridized carbons (Fsp3) is 0.0909. The van der Waals surface area contributed by atoms with Crippen molar-refractivity contribution in [3.63, 3.8) is 0 Å². The number of ether oxygens (including phenoxy) is 1. The van der Waals surface area contributed by atoms with Gasteiger partial charge in [-0.05, 0) is 12.1 Å². The minimum Gasteiger partial charge on any atom is -0.454 e. The predicted molar refractivity (Wildman–Crippen MR) is 60.4 cm³/mol. The molecule has 0 saturated heterocycles. The summed E-state index contributed by atoms with van der Waals surface area (Å²) in [5.74, 6) is -0.196. The number of benzene rings is 1. The van der Waals surface area contributed by atoms with Gasteiger partial charge in [-0.3, -0.25) is 0 Å². The van der Waals surface area contributed by atoms with Gasteiger partial charge < -0.3 is 15.6 Å². The van der Waals surface area contributed by atoms with Crippen LogP contribution in [-0.4, -0.2) is 0 Å². The number of rotatable bonds is 2. The molecule has 0 spiro atoms. The number of alkyl halides is 3. The van der Waals surface area contributed by atoms with Crippen LogP contribution in [0.4, 0.5) is 13.2 Å². The van der Waals surface area contributed by atoms with Crippen LogP contribution in [0.15, 0.2) is 47.5 Å². The molecule has 0 saturated carbocycles. The van der Waals surface area contributed by atoms with Gasteiger partial charge in [0.2, 0.25) is 0 Å². The molecule has 0 unspecified atom stereocenters. The molecule has 0 fully saturated rings. The van der Waals surface area contributed by atoms with E-state index < -0.39 is 11.7 Å². The lowest BCUT2D eigenvalue weighted by Crippen LogP contribution is -2.26. The molecule has 96 valence electrons. The van der Waals surface area contributed by atoms with E-state index >= 15 is 0 Å². The molecule has 1 aromatic carbocycles. The van der Waals surface area contributed by atoms with Crippen LogP contribution in [0, 0.1) is 0 Å². The van der Waals surface area contributed by atoms with Crippen LogP contribution in [0.2, 0.25) is 0 Å². The van der Waals surface area contributed by atoms with Gasteiger partial charge in [0.15, 0.2) is 5.76 Å². The van der Waals surface area contributed by atoms with Crippen LogP contribution < -0.4 is 15.6 Å². The smallest absolute Gasteiger partial charge is 0.419 e. The number of halogens is 4. The van der Waals surface area contributed by atoms with Gasteiger partial charge in [-0.15, -0.1) is 0 Å². The normalized spacial score (nSPS) is 15.1. The third-order valence-electron chi connectivity index (χ3n) is 2.13. The van der Waals surface area contributed by atoms with E-state index in [1.807, 2.05) is 0 Å². The van der Waals surface area contributed by atoms with E-state index in [9.17, 15) is 13.2 Å². The highest BCUT2D eigenvalue weighted by atomic mass is 35.5. The topological polar surface area (TPSA) is 33.3 Å². The van der Waals surface area contributed by atoms with Crippen LogP contribution in [0.25, 0.3) is 0 Å². The Hall–Kier alpha value is -1.82. The fourth-order valence-corrected chi connectivity index (χ4v) is 1.49. The second-order valence-corrected chi connectivity index (χ2v) is 3.79. The minimum atomic E-state index is -4.48. The molecule has 18 heavy (non-hydrogen) atoms. The molecule has 0 aliphatic carbocycles. The summed E-state index contributed by atoms with van der Waals surface area (Å²) in [6.45, 7) is 0. The first kappa shape index (κ1) is 12.6. The Labute approximate surface area is 106 Å². The van der Waals surface area contributed by atoms with Gasteiger partial charge in [-0.1, -0.05) is 23.7 Å². The number of para-hydroxylation sites is 1. The van der Waals surface area contributed by atoms with E-state index in [1.165, 1.54) is 30.6 Å². The summed E-state index contributed by atoms with van der Waals surface area (Å²) >= 11 is 5.78. The Morgan fingerprint density at radius 2 is 1.72 bits per heavy atom. The second-order valence-electron chi connectivity index (χ2n) is 3.39. The Balaban J connectivity index is 2.30. The van der Waals surface area contributed by atoms with E-state index in [0.717, 1.165) is 6.07 Å². The molecule has 1 heterocycles. The number of hydrazine groups is 1. The monoisotopic (exact) mass is 276 g/mol. The highest BCUT2D eigenvalue weighted by molar-refractivity contribution is 6.31. The van der Waals surface area contributed by atoms with Crippen molar-refractivity contribution < 1.29 is 17.9 Å². The molecular formula is C11H8ClF3N2O. The van der Waals surface area contributed by atoms with Crippen LogP contribution in [0.5, 0.6) is 5.75 Å². The highest BCUT2D eigenvalue weighted by Gasteiger charge is 2.34. The lowest BCUT2D eigenvalue weighted by atomic mass is 10.2. The molecule has 1 aliphatic heterocycles. The average molecular weight is 277 g/mol. The molecule has 0 aromatic heterocycles. The fourth-order valence-electron chi connectivity index (χ4n) is 1.34. The summed E-state index contributed by atoms with van der Waals surface area (Å²) in [6.07, 6.45) is -1.78. The standard InChI is InChI=1S/C11H8ClF3N2O/c12-8-5-16-17-6-10(8)18-9-4-2-1-3-7(9)11(13,14)15/h1-6,16-17H. The van der Waals surface area contributed by atoms with E-state index in [2.05, 4.69) is 10.9 Å².